The molecule has 8 heteroatoms. The average molecular weight is 357 g/mol. The van der Waals surface area contributed by atoms with E-state index >= 15 is 0 Å². The van der Waals surface area contributed by atoms with E-state index in [2.05, 4.69) is 0 Å². The van der Waals surface area contributed by atoms with Gasteiger partial charge in [0.25, 0.3) is 0 Å². The van der Waals surface area contributed by atoms with Crippen LogP contribution in [0, 0.1) is 24.7 Å². The number of rotatable bonds is 1. The van der Waals surface area contributed by atoms with E-state index in [9.17, 15) is 26.4 Å². The fraction of sp³-hybridized carbons (Fsp3) is 0.438. The Hall–Kier alpha value is -1.83. The van der Waals surface area contributed by atoms with E-state index in [1.165, 1.54) is 19.1 Å². The topological polar surface area (TPSA) is 54.5 Å². The van der Waals surface area contributed by atoms with Crippen LogP contribution in [-0.4, -0.2) is 19.6 Å². The molecule has 4 nitrogen and oxygen atoms in total. The van der Waals surface area contributed by atoms with Crippen LogP contribution in [0.1, 0.15) is 17.5 Å². The lowest BCUT2D eigenvalue weighted by molar-refractivity contribution is -0.138. The standard InChI is InChI=1S/C16H14F3NO3S/c1-8-2-5-11(7-12(8)16(17,18)19)20-15(21)13-9-3-4-10(6-9)14(13)24(20,22)23/h2-5,7,9-10,13-14H,6H2,1H3/t9-,10+,13-,14+/m0/s1. The molecule has 0 radical (unpaired) electrons. The lowest BCUT2D eigenvalue weighted by atomic mass is 9.92. The van der Waals surface area contributed by atoms with Gasteiger partial charge in [-0.1, -0.05) is 18.2 Å². The zero-order valence-corrected chi connectivity index (χ0v) is 13.4. The predicted molar refractivity (Wildman–Crippen MR) is 80.6 cm³/mol. The maximum absolute atomic E-state index is 13.1. The zero-order chi connectivity index (χ0) is 17.4. The van der Waals surface area contributed by atoms with E-state index in [4.69, 9.17) is 0 Å². The van der Waals surface area contributed by atoms with Crippen LogP contribution in [0.4, 0.5) is 18.9 Å². The van der Waals surface area contributed by atoms with Crippen molar-refractivity contribution in [3.05, 3.63) is 41.5 Å². The number of alkyl halides is 3. The van der Waals surface area contributed by atoms with Gasteiger partial charge in [0.05, 0.1) is 22.4 Å². The summed E-state index contributed by atoms with van der Waals surface area (Å²) in [4.78, 5) is 12.7. The number of allylic oxidation sites excluding steroid dienone is 2. The van der Waals surface area contributed by atoms with Gasteiger partial charge in [-0.15, -0.1) is 0 Å². The van der Waals surface area contributed by atoms with E-state index in [1.54, 1.807) is 6.08 Å². The van der Waals surface area contributed by atoms with Crippen LogP contribution >= 0.6 is 0 Å². The van der Waals surface area contributed by atoms with Gasteiger partial charge in [-0.05, 0) is 42.9 Å². The minimum atomic E-state index is -4.61. The Labute approximate surface area is 137 Å². The number of fused-ring (bicyclic) bond motifs is 5. The van der Waals surface area contributed by atoms with Crippen molar-refractivity contribution in [3.63, 3.8) is 0 Å². The maximum atomic E-state index is 13.1. The Kier molecular flexibility index (Phi) is 3.02. The Balaban J connectivity index is 1.83. The number of benzene rings is 1. The fourth-order valence-corrected chi connectivity index (χ4v) is 6.56. The number of nitrogens with zero attached hydrogens (tertiary/aromatic N) is 1. The molecule has 1 heterocycles. The third-order valence-electron chi connectivity index (χ3n) is 5.23. The number of anilines is 1. The molecule has 0 spiro atoms. The van der Waals surface area contributed by atoms with Crippen LogP contribution in [0.3, 0.4) is 0 Å². The molecule has 2 fully saturated rings. The summed E-state index contributed by atoms with van der Waals surface area (Å²) in [5, 5.41) is -0.851. The molecule has 1 aliphatic heterocycles. The molecule has 0 N–H and O–H groups in total. The molecule has 128 valence electrons. The molecule has 1 amide bonds. The van der Waals surface area contributed by atoms with Gasteiger partial charge in [0.15, 0.2) is 0 Å². The third kappa shape index (κ3) is 1.92. The van der Waals surface area contributed by atoms with Gasteiger partial charge in [-0.25, -0.2) is 12.7 Å². The summed E-state index contributed by atoms with van der Waals surface area (Å²) < 4.78 is 65.5. The molecular weight excluding hydrogens is 343 g/mol. The van der Waals surface area contributed by atoms with E-state index in [0.29, 0.717) is 10.7 Å². The first-order valence-electron chi connectivity index (χ1n) is 7.56. The first kappa shape index (κ1) is 15.7. The van der Waals surface area contributed by atoms with E-state index in [1.807, 2.05) is 6.08 Å². The first-order valence-corrected chi connectivity index (χ1v) is 9.07. The lowest BCUT2D eigenvalue weighted by Gasteiger charge is -2.21. The van der Waals surface area contributed by atoms with Crippen molar-refractivity contribution >= 4 is 21.6 Å². The number of carbonyl (C=O) groups excluding carboxylic acids is 1. The minimum absolute atomic E-state index is 0.0165. The zero-order valence-electron chi connectivity index (χ0n) is 12.6. The Morgan fingerprint density at radius 2 is 1.83 bits per heavy atom. The highest BCUT2D eigenvalue weighted by molar-refractivity contribution is 7.94. The Bertz CT molecular complexity index is 875. The molecule has 1 aromatic carbocycles. The molecule has 1 aromatic rings. The number of carbonyl (C=O) groups is 1. The van der Waals surface area contributed by atoms with Crippen molar-refractivity contribution in [2.24, 2.45) is 17.8 Å². The average Bonchev–Trinajstić information content (AvgIpc) is 3.12. The van der Waals surface area contributed by atoms with Crippen LogP contribution in [0.2, 0.25) is 0 Å². The summed E-state index contributed by atoms with van der Waals surface area (Å²) in [6, 6.07) is 3.21. The molecule has 24 heavy (non-hydrogen) atoms. The normalized spacial score (nSPS) is 33.3. The fourth-order valence-electron chi connectivity index (χ4n) is 4.20. The Morgan fingerprint density at radius 3 is 2.46 bits per heavy atom. The first-order chi connectivity index (χ1) is 11.1. The molecule has 1 saturated heterocycles. The Morgan fingerprint density at radius 1 is 1.17 bits per heavy atom. The predicted octanol–water partition coefficient (Wildman–Crippen LogP) is 2.88. The van der Waals surface area contributed by atoms with Gasteiger partial charge in [-0.3, -0.25) is 4.79 Å². The molecular formula is C16H14F3NO3S. The number of hydrogen-bond donors (Lipinski definition) is 0. The van der Waals surface area contributed by atoms with Crippen molar-refractivity contribution in [2.75, 3.05) is 4.31 Å². The van der Waals surface area contributed by atoms with Crippen LogP contribution < -0.4 is 4.31 Å². The van der Waals surface area contributed by atoms with Gasteiger partial charge < -0.3 is 0 Å². The van der Waals surface area contributed by atoms with Crippen molar-refractivity contribution in [1.29, 1.82) is 0 Å². The molecule has 2 aliphatic carbocycles. The maximum Gasteiger partial charge on any atom is 0.416 e. The minimum Gasteiger partial charge on any atom is -0.273 e. The second kappa shape index (κ2) is 4.62. The monoisotopic (exact) mass is 357 g/mol. The van der Waals surface area contributed by atoms with E-state index in [-0.39, 0.29) is 23.1 Å². The smallest absolute Gasteiger partial charge is 0.273 e. The largest absolute Gasteiger partial charge is 0.416 e. The molecule has 4 rings (SSSR count). The lowest BCUT2D eigenvalue weighted by Crippen LogP contribution is -2.34. The van der Waals surface area contributed by atoms with Gasteiger partial charge in [-0.2, -0.15) is 13.2 Å². The van der Waals surface area contributed by atoms with Crippen LogP contribution in [0.5, 0.6) is 0 Å². The van der Waals surface area contributed by atoms with Crippen LogP contribution in [0.25, 0.3) is 0 Å². The number of amides is 1. The molecule has 2 bridgehead atoms. The van der Waals surface area contributed by atoms with E-state index < -0.39 is 38.8 Å². The highest BCUT2D eigenvalue weighted by atomic mass is 32.2. The second-order valence-electron chi connectivity index (χ2n) is 6.58. The SMILES string of the molecule is Cc1ccc(N2C(=O)[C@@H]3[C@@H]([C@@H]4C=C[C@H]3C4)S2(=O)=O)cc1C(F)(F)F. The van der Waals surface area contributed by atoms with Crippen LogP contribution in [0.15, 0.2) is 30.4 Å². The number of aryl methyl sites for hydroxylation is 1. The molecule has 4 atom stereocenters. The second-order valence-corrected chi connectivity index (χ2v) is 8.52. The highest BCUT2D eigenvalue weighted by Gasteiger charge is 2.63. The number of sulfonamides is 1. The van der Waals surface area contributed by atoms with E-state index in [0.717, 1.165) is 6.07 Å². The van der Waals surface area contributed by atoms with Crippen molar-refractivity contribution < 1.29 is 26.4 Å². The molecule has 1 saturated carbocycles. The highest BCUT2D eigenvalue weighted by Crippen LogP contribution is 2.53. The summed E-state index contributed by atoms with van der Waals surface area (Å²) >= 11 is 0. The summed E-state index contributed by atoms with van der Waals surface area (Å²) in [7, 11) is -4.01. The summed E-state index contributed by atoms with van der Waals surface area (Å²) in [5.74, 6) is -1.67. The summed E-state index contributed by atoms with van der Waals surface area (Å²) in [6.45, 7) is 1.30. The van der Waals surface area contributed by atoms with Crippen LogP contribution in [-0.2, 0) is 21.0 Å². The van der Waals surface area contributed by atoms with Crippen molar-refractivity contribution in [3.8, 4) is 0 Å². The summed E-state index contributed by atoms with van der Waals surface area (Å²) in [6.07, 6.45) is -0.339. The molecule has 0 aromatic heterocycles. The molecule has 3 aliphatic rings. The van der Waals surface area contributed by atoms with Gasteiger partial charge in [0.2, 0.25) is 15.9 Å². The number of halogens is 3. The van der Waals surface area contributed by atoms with Crippen molar-refractivity contribution in [1.82, 2.24) is 0 Å². The van der Waals surface area contributed by atoms with Gasteiger partial charge in [0.1, 0.15) is 0 Å². The molecule has 0 unspecified atom stereocenters. The van der Waals surface area contributed by atoms with Crippen molar-refractivity contribution in [2.45, 2.75) is 24.8 Å². The quantitative estimate of drug-likeness (QED) is 0.727. The van der Waals surface area contributed by atoms with Gasteiger partial charge in [0, 0.05) is 0 Å². The third-order valence-corrected chi connectivity index (χ3v) is 7.46. The number of hydrogen-bond acceptors (Lipinski definition) is 3. The van der Waals surface area contributed by atoms with Gasteiger partial charge >= 0.3 is 6.18 Å². The summed E-state index contributed by atoms with van der Waals surface area (Å²) in [5.41, 5.74) is -1.18.